The summed E-state index contributed by atoms with van der Waals surface area (Å²) in [5.41, 5.74) is 5.66. The molecule has 7 nitrogen and oxygen atoms in total. The largest absolute Gasteiger partial charge is 0.337 e. The summed E-state index contributed by atoms with van der Waals surface area (Å²) in [7, 11) is 1.90. The average molecular weight is 486 g/mol. The van der Waals surface area contributed by atoms with Gasteiger partial charge in [-0.3, -0.25) is 14.3 Å². The lowest BCUT2D eigenvalue weighted by atomic mass is 9.90. The molecule has 0 unspecified atom stereocenters. The van der Waals surface area contributed by atoms with Crippen LogP contribution in [-0.2, 0) is 7.05 Å². The van der Waals surface area contributed by atoms with Crippen molar-refractivity contribution < 1.29 is 9.59 Å². The van der Waals surface area contributed by atoms with Crippen molar-refractivity contribution in [2.45, 2.75) is 12.8 Å². The van der Waals surface area contributed by atoms with Gasteiger partial charge in [0.05, 0.1) is 11.8 Å². The number of amides is 2. The average Bonchev–Trinajstić information content (AvgIpc) is 3.26. The number of halogens is 1. The number of nitrogens with zero attached hydrogens (tertiary/aromatic N) is 4. The van der Waals surface area contributed by atoms with Crippen LogP contribution in [0.1, 0.15) is 37.8 Å². The fourth-order valence-corrected chi connectivity index (χ4v) is 4.40. The Morgan fingerprint density at radius 3 is 2.51 bits per heavy atom. The lowest BCUT2D eigenvalue weighted by molar-refractivity contribution is 0.0602. The highest BCUT2D eigenvalue weighted by molar-refractivity contribution is 6.33. The van der Waals surface area contributed by atoms with E-state index in [0.29, 0.717) is 30.3 Å². The van der Waals surface area contributed by atoms with Crippen LogP contribution in [0.15, 0.2) is 73.2 Å². The first-order valence-corrected chi connectivity index (χ1v) is 11.7. The van der Waals surface area contributed by atoms with E-state index in [1.54, 1.807) is 28.9 Å². The topological polar surface area (TPSA) is 80.1 Å². The quantitative estimate of drug-likeness (QED) is 0.406. The van der Waals surface area contributed by atoms with Gasteiger partial charge in [0, 0.05) is 55.3 Å². The Bertz CT molecular complexity index is 1410. The predicted octanol–water partition coefficient (Wildman–Crippen LogP) is 4.94. The smallest absolute Gasteiger partial charge is 0.258 e. The van der Waals surface area contributed by atoms with Crippen LogP contribution in [0.25, 0.3) is 11.1 Å². The molecular formula is C27H24ClN5O2. The number of carbonyl (C=O) groups is 2. The fraction of sp³-hybridized carbons (Fsp3) is 0.185. The molecule has 0 atom stereocenters. The molecular weight excluding hydrogens is 462 g/mol. The normalized spacial score (nSPS) is 13.4. The number of aryl methyl sites for hydroxylation is 2. The maximum atomic E-state index is 13.1. The van der Waals surface area contributed by atoms with E-state index in [0.717, 1.165) is 16.7 Å². The summed E-state index contributed by atoms with van der Waals surface area (Å²) in [5.74, 6) is -0.114. The lowest BCUT2D eigenvalue weighted by Gasteiger charge is -2.39. The molecule has 0 aliphatic carbocycles. The van der Waals surface area contributed by atoms with Crippen LogP contribution >= 0.6 is 11.6 Å². The Morgan fingerprint density at radius 2 is 1.83 bits per heavy atom. The van der Waals surface area contributed by atoms with Gasteiger partial charge in [0.2, 0.25) is 0 Å². The van der Waals surface area contributed by atoms with E-state index >= 15 is 0 Å². The second kappa shape index (κ2) is 9.35. The highest BCUT2D eigenvalue weighted by atomic mass is 35.5. The fourth-order valence-electron chi connectivity index (χ4n) is 4.19. The van der Waals surface area contributed by atoms with Gasteiger partial charge in [0.1, 0.15) is 5.15 Å². The van der Waals surface area contributed by atoms with Gasteiger partial charge in [0.15, 0.2) is 0 Å². The second-order valence-corrected chi connectivity index (χ2v) is 9.12. The Morgan fingerprint density at radius 1 is 1.06 bits per heavy atom. The summed E-state index contributed by atoms with van der Waals surface area (Å²) >= 11 is 6.04. The Kier molecular flexibility index (Phi) is 6.09. The molecule has 4 aromatic rings. The number of hydrogen-bond donors (Lipinski definition) is 1. The van der Waals surface area contributed by atoms with Crippen molar-refractivity contribution in [2.75, 3.05) is 18.4 Å². The summed E-state index contributed by atoms with van der Waals surface area (Å²) in [5, 5.41) is 7.21. The Balaban J connectivity index is 1.24. The molecule has 1 saturated heterocycles. The van der Waals surface area contributed by atoms with E-state index in [1.807, 2.05) is 37.3 Å². The van der Waals surface area contributed by atoms with Gasteiger partial charge < -0.3 is 10.2 Å². The van der Waals surface area contributed by atoms with Crippen LogP contribution in [-0.4, -0.2) is 44.6 Å². The summed E-state index contributed by atoms with van der Waals surface area (Å²) in [6.45, 7) is 3.20. The minimum atomic E-state index is -0.366. The number of anilines is 1. The van der Waals surface area contributed by atoms with Gasteiger partial charge in [-0.05, 0) is 47.9 Å². The highest BCUT2D eigenvalue weighted by Crippen LogP contribution is 2.31. The number of aromatic nitrogens is 3. The van der Waals surface area contributed by atoms with Crippen molar-refractivity contribution >= 4 is 29.1 Å². The van der Waals surface area contributed by atoms with Crippen LogP contribution in [0.2, 0.25) is 5.15 Å². The molecule has 2 aromatic heterocycles. The number of likely N-dealkylation sites (tertiary alicyclic amines) is 1. The van der Waals surface area contributed by atoms with Gasteiger partial charge in [0.25, 0.3) is 11.8 Å². The first kappa shape index (κ1) is 22.8. The van der Waals surface area contributed by atoms with Crippen LogP contribution in [0, 0.1) is 6.92 Å². The van der Waals surface area contributed by atoms with Crippen molar-refractivity contribution in [1.29, 1.82) is 0 Å². The first-order chi connectivity index (χ1) is 16.9. The van der Waals surface area contributed by atoms with Crippen LogP contribution < -0.4 is 5.32 Å². The molecule has 1 fully saturated rings. The number of hydrogen-bond acceptors (Lipinski definition) is 4. The Hall–Kier alpha value is -3.97. The molecule has 176 valence electrons. The maximum absolute atomic E-state index is 13.1. The Labute approximate surface area is 208 Å². The molecule has 0 spiro atoms. The van der Waals surface area contributed by atoms with Gasteiger partial charge in [-0.2, -0.15) is 5.10 Å². The zero-order chi connectivity index (χ0) is 24.5. The predicted molar refractivity (Wildman–Crippen MR) is 136 cm³/mol. The molecule has 2 amide bonds. The van der Waals surface area contributed by atoms with Crippen LogP contribution in [0.5, 0.6) is 0 Å². The number of pyridine rings is 1. The molecule has 8 heteroatoms. The zero-order valence-corrected chi connectivity index (χ0v) is 20.2. The maximum Gasteiger partial charge on any atom is 0.258 e. The van der Waals surface area contributed by atoms with E-state index in [2.05, 4.69) is 39.7 Å². The summed E-state index contributed by atoms with van der Waals surface area (Å²) in [4.78, 5) is 31.5. The van der Waals surface area contributed by atoms with Crippen molar-refractivity contribution in [3.63, 3.8) is 0 Å². The summed E-state index contributed by atoms with van der Waals surface area (Å²) in [6.07, 6.45) is 5.36. The van der Waals surface area contributed by atoms with E-state index in [-0.39, 0.29) is 22.5 Å². The third kappa shape index (κ3) is 4.68. The molecule has 0 bridgehead atoms. The molecule has 1 aliphatic rings. The molecule has 1 N–H and O–H groups in total. The zero-order valence-electron chi connectivity index (χ0n) is 19.4. The van der Waals surface area contributed by atoms with Crippen molar-refractivity contribution in [3.8, 4) is 11.1 Å². The molecule has 2 aromatic carbocycles. The van der Waals surface area contributed by atoms with Crippen molar-refractivity contribution in [1.82, 2.24) is 19.7 Å². The number of carbonyl (C=O) groups excluding carboxylic acids is 2. The summed E-state index contributed by atoms with van der Waals surface area (Å²) < 4.78 is 1.79. The minimum absolute atomic E-state index is 0.0526. The molecule has 0 radical (unpaired) electrons. The lowest BCUT2D eigenvalue weighted by Crippen LogP contribution is -2.48. The number of benzene rings is 2. The molecule has 5 rings (SSSR count). The minimum Gasteiger partial charge on any atom is -0.337 e. The van der Waals surface area contributed by atoms with Crippen LogP contribution in [0.3, 0.4) is 0 Å². The van der Waals surface area contributed by atoms with Gasteiger partial charge in [-0.15, -0.1) is 0 Å². The standard InChI is InChI=1S/C27H24ClN5O2/c1-17-5-6-20(12-24(17)31-26(34)23-4-3-11-29-25(23)28)27(35)33-15-22(16-33)19-9-7-18(8-10-19)21-13-30-32(2)14-21/h3-14,22H,15-16H2,1-2H3,(H,31,34). The SMILES string of the molecule is Cc1ccc(C(=O)N2CC(c3ccc(-c4cnn(C)c4)cc3)C2)cc1NC(=O)c1cccnc1Cl. The number of rotatable bonds is 5. The third-order valence-electron chi connectivity index (χ3n) is 6.33. The van der Waals surface area contributed by atoms with Gasteiger partial charge in [-0.1, -0.05) is 41.9 Å². The van der Waals surface area contributed by atoms with Crippen molar-refractivity contribution in [2.24, 2.45) is 7.05 Å². The van der Waals surface area contributed by atoms with Gasteiger partial charge in [-0.25, -0.2) is 4.98 Å². The van der Waals surface area contributed by atoms with Crippen LogP contribution in [0.4, 0.5) is 5.69 Å². The van der Waals surface area contributed by atoms with Gasteiger partial charge >= 0.3 is 0 Å². The molecule has 0 saturated carbocycles. The molecule has 1 aliphatic heterocycles. The molecule has 35 heavy (non-hydrogen) atoms. The molecule has 3 heterocycles. The van der Waals surface area contributed by atoms with E-state index in [1.165, 1.54) is 11.8 Å². The highest BCUT2D eigenvalue weighted by Gasteiger charge is 2.32. The van der Waals surface area contributed by atoms with E-state index < -0.39 is 0 Å². The van der Waals surface area contributed by atoms with E-state index in [9.17, 15) is 9.59 Å². The third-order valence-corrected chi connectivity index (χ3v) is 6.63. The summed E-state index contributed by atoms with van der Waals surface area (Å²) in [6, 6.07) is 17.0. The number of nitrogens with one attached hydrogen (secondary N) is 1. The first-order valence-electron chi connectivity index (χ1n) is 11.3. The van der Waals surface area contributed by atoms with Crippen molar-refractivity contribution in [3.05, 3.63) is 101 Å². The van der Waals surface area contributed by atoms with E-state index in [4.69, 9.17) is 11.6 Å². The second-order valence-electron chi connectivity index (χ2n) is 8.76. The monoisotopic (exact) mass is 485 g/mol.